The molecule has 3 aliphatic heterocycles. The summed E-state index contributed by atoms with van der Waals surface area (Å²) >= 11 is 0. The number of likely N-dealkylation sites (tertiary alicyclic amines) is 2. The number of hydrogen-bond acceptors (Lipinski definition) is 6. The Labute approximate surface area is 215 Å². The zero-order valence-corrected chi connectivity index (χ0v) is 22.4. The van der Waals surface area contributed by atoms with Crippen molar-refractivity contribution in [1.29, 1.82) is 0 Å². The standard InChI is InChI=1S/C28H44FN3O4/c1-19-21(6-5-7-25(19)29)27-23(22-16-30-11-8-26(22)36-4)17-31(14-15-34-2)18-24(27)28(33)32-12-9-20(35-3)10-13-32/h5-7,20,22-24,26-27,30H,8-18H2,1-4H3/t22-,23?,24+,26?,27?/m1/s1. The van der Waals surface area contributed by atoms with Gasteiger partial charge >= 0.3 is 0 Å². The highest BCUT2D eigenvalue weighted by molar-refractivity contribution is 5.80. The zero-order chi connectivity index (χ0) is 25.7. The van der Waals surface area contributed by atoms with E-state index in [4.69, 9.17) is 14.2 Å². The summed E-state index contributed by atoms with van der Waals surface area (Å²) in [7, 11) is 5.25. The molecule has 0 bridgehead atoms. The van der Waals surface area contributed by atoms with E-state index in [-0.39, 0.29) is 47.6 Å². The molecular weight excluding hydrogens is 461 g/mol. The molecule has 202 valence electrons. The van der Waals surface area contributed by atoms with Gasteiger partial charge < -0.3 is 24.4 Å². The van der Waals surface area contributed by atoms with Gasteiger partial charge in [-0.25, -0.2) is 4.39 Å². The molecule has 0 saturated carbocycles. The van der Waals surface area contributed by atoms with Crippen LogP contribution >= 0.6 is 0 Å². The minimum atomic E-state index is -0.250. The van der Waals surface area contributed by atoms with Gasteiger partial charge in [0.25, 0.3) is 0 Å². The molecule has 3 fully saturated rings. The van der Waals surface area contributed by atoms with Gasteiger partial charge in [0.15, 0.2) is 0 Å². The largest absolute Gasteiger partial charge is 0.383 e. The van der Waals surface area contributed by atoms with E-state index < -0.39 is 0 Å². The Bertz CT molecular complexity index is 863. The maximum atomic E-state index is 14.9. The molecule has 0 radical (unpaired) electrons. The average Bonchev–Trinajstić information content (AvgIpc) is 2.92. The molecule has 0 aliphatic carbocycles. The third kappa shape index (κ3) is 5.94. The molecule has 3 unspecified atom stereocenters. The molecule has 5 atom stereocenters. The fourth-order valence-electron chi connectivity index (χ4n) is 6.77. The van der Waals surface area contributed by atoms with Crippen LogP contribution in [0.5, 0.6) is 0 Å². The van der Waals surface area contributed by atoms with E-state index in [1.165, 1.54) is 6.07 Å². The molecule has 3 saturated heterocycles. The summed E-state index contributed by atoms with van der Waals surface area (Å²) in [5.41, 5.74) is 1.63. The lowest BCUT2D eigenvalue weighted by Gasteiger charge is -2.50. The van der Waals surface area contributed by atoms with Gasteiger partial charge in [0.05, 0.1) is 24.7 Å². The van der Waals surface area contributed by atoms with Crippen molar-refractivity contribution in [2.45, 2.75) is 44.3 Å². The molecule has 1 aromatic carbocycles. The van der Waals surface area contributed by atoms with Gasteiger partial charge in [-0.2, -0.15) is 0 Å². The third-order valence-electron chi connectivity index (χ3n) is 8.82. The van der Waals surface area contributed by atoms with Crippen LogP contribution in [0.15, 0.2) is 18.2 Å². The third-order valence-corrected chi connectivity index (χ3v) is 8.82. The maximum absolute atomic E-state index is 14.9. The maximum Gasteiger partial charge on any atom is 0.227 e. The highest BCUT2D eigenvalue weighted by Crippen LogP contribution is 2.45. The molecule has 3 heterocycles. The summed E-state index contributed by atoms with van der Waals surface area (Å²) in [6.07, 6.45) is 2.97. The normalized spacial score (nSPS) is 30.5. The Hall–Kier alpha value is -1.58. The number of carbonyl (C=O) groups excluding carboxylic acids is 1. The Morgan fingerprint density at radius 3 is 2.56 bits per heavy atom. The van der Waals surface area contributed by atoms with Crippen LogP contribution in [0.25, 0.3) is 0 Å². The van der Waals surface area contributed by atoms with Crippen molar-refractivity contribution in [3.63, 3.8) is 0 Å². The molecular formula is C28H44FN3O4. The van der Waals surface area contributed by atoms with E-state index >= 15 is 0 Å². The van der Waals surface area contributed by atoms with Crippen LogP contribution in [0.3, 0.4) is 0 Å². The van der Waals surface area contributed by atoms with Crippen molar-refractivity contribution in [3.05, 3.63) is 35.1 Å². The SMILES string of the molecule is COCCN1CC([C@H]2CNCCC2OC)C(c2cccc(F)c2C)[C@@H](C(=O)N2CCC(OC)CC2)C1. The van der Waals surface area contributed by atoms with Crippen molar-refractivity contribution < 1.29 is 23.4 Å². The van der Waals surface area contributed by atoms with Gasteiger partial charge in [0, 0.05) is 72.4 Å². The molecule has 8 heteroatoms. The van der Waals surface area contributed by atoms with E-state index in [1.54, 1.807) is 27.4 Å². The predicted molar refractivity (Wildman–Crippen MR) is 138 cm³/mol. The van der Waals surface area contributed by atoms with Crippen LogP contribution < -0.4 is 5.32 Å². The topological polar surface area (TPSA) is 63.3 Å². The number of amides is 1. The second-order valence-electron chi connectivity index (χ2n) is 10.7. The number of nitrogens with one attached hydrogen (secondary N) is 1. The van der Waals surface area contributed by atoms with Crippen LogP contribution in [0.4, 0.5) is 4.39 Å². The smallest absolute Gasteiger partial charge is 0.227 e. The Kier molecular flexibility index (Phi) is 9.75. The molecule has 7 nitrogen and oxygen atoms in total. The van der Waals surface area contributed by atoms with Gasteiger partial charge in [-0.05, 0) is 55.8 Å². The highest BCUT2D eigenvalue weighted by Gasteiger charge is 2.48. The molecule has 0 aromatic heterocycles. The predicted octanol–water partition coefficient (Wildman–Crippen LogP) is 2.67. The van der Waals surface area contributed by atoms with Gasteiger partial charge in [-0.3, -0.25) is 9.69 Å². The van der Waals surface area contributed by atoms with Crippen molar-refractivity contribution in [3.8, 4) is 0 Å². The lowest BCUT2D eigenvalue weighted by molar-refractivity contribution is -0.143. The van der Waals surface area contributed by atoms with Gasteiger partial charge in [0.2, 0.25) is 5.91 Å². The first-order valence-corrected chi connectivity index (χ1v) is 13.5. The highest BCUT2D eigenvalue weighted by atomic mass is 19.1. The van der Waals surface area contributed by atoms with E-state index in [0.29, 0.717) is 31.8 Å². The van der Waals surface area contributed by atoms with Gasteiger partial charge in [-0.1, -0.05) is 12.1 Å². The monoisotopic (exact) mass is 505 g/mol. The molecule has 1 amide bonds. The first-order chi connectivity index (χ1) is 17.5. The lowest BCUT2D eigenvalue weighted by atomic mass is 9.65. The van der Waals surface area contributed by atoms with Crippen LogP contribution in [0.1, 0.15) is 36.3 Å². The Morgan fingerprint density at radius 1 is 1.08 bits per heavy atom. The first-order valence-electron chi connectivity index (χ1n) is 13.5. The average molecular weight is 506 g/mol. The summed E-state index contributed by atoms with van der Waals surface area (Å²) < 4.78 is 31.8. The van der Waals surface area contributed by atoms with E-state index in [2.05, 4.69) is 10.2 Å². The minimum absolute atomic E-state index is 0.0744. The first kappa shape index (κ1) is 27.5. The summed E-state index contributed by atoms with van der Waals surface area (Å²) in [6, 6.07) is 5.36. The second-order valence-corrected chi connectivity index (χ2v) is 10.7. The fraction of sp³-hybridized carbons (Fsp3) is 0.750. The van der Waals surface area contributed by atoms with Crippen molar-refractivity contribution in [2.24, 2.45) is 17.8 Å². The summed E-state index contributed by atoms with van der Waals surface area (Å²) in [6.45, 7) is 7.92. The summed E-state index contributed by atoms with van der Waals surface area (Å²) in [5.74, 6) is 0.0400. The molecule has 36 heavy (non-hydrogen) atoms. The molecule has 4 rings (SSSR count). The van der Waals surface area contributed by atoms with Gasteiger partial charge in [-0.15, -0.1) is 0 Å². The summed E-state index contributed by atoms with van der Waals surface area (Å²) in [4.78, 5) is 18.6. The second kappa shape index (κ2) is 12.8. The fourth-order valence-corrected chi connectivity index (χ4v) is 6.77. The lowest BCUT2D eigenvalue weighted by Crippen LogP contribution is -2.58. The molecule has 3 aliphatic rings. The number of piperidine rings is 3. The minimum Gasteiger partial charge on any atom is -0.383 e. The molecule has 1 N–H and O–H groups in total. The molecule has 0 spiro atoms. The van der Waals surface area contributed by atoms with E-state index in [9.17, 15) is 9.18 Å². The Morgan fingerprint density at radius 2 is 1.86 bits per heavy atom. The number of nitrogens with zero attached hydrogens (tertiary/aromatic N) is 2. The van der Waals surface area contributed by atoms with Crippen molar-refractivity contribution >= 4 is 5.91 Å². The number of carbonyl (C=O) groups is 1. The van der Waals surface area contributed by atoms with Crippen molar-refractivity contribution in [1.82, 2.24) is 15.1 Å². The Balaban J connectivity index is 1.72. The number of rotatable bonds is 8. The number of halogens is 1. The number of ether oxygens (including phenoxy) is 3. The van der Waals surface area contributed by atoms with Crippen LogP contribution in [0, 0.1) is 30.5 Å². The number of hydrogen-bond donors (Lipinski definition) is 1. The van der Waals surface area contributed by atoms with Crippen LogP contribution in [-0.2, 0) is 19.0 Å². The van der Waals surface area contributed by atoms with E-state index in [0.717, 1.165) is 51.0 Å². The van der Waals surface area contributed by atoms with Crippen LogP contribution in [-0.4, -0.2) is 102 Å². The number of methoxy groups -OCH3 is 3. The quantitative estimate of drug-likeness (QED) is 0.586. The summed E-state index contributed by atoms with van der Waals surface area (Å²) in [5, 5.41) is 3.56. The zero-order valence-electron chi connectivity index (χ0n) is 22.4. The molecule has 1 aromatic rings. The van der Waals surface area contributed by atoms with Crippen LogP contribution in [0.2, 0.25) is 0 Å². The van der Waals surface area contributed by atoms with E-state index in [1.807, 2.05) is 17.9 Å². The van der Waals surface area contributed by atoms with Crippen molar-refractivity contribution in [2.75, 3.05) is 73.7 Å². The van der Waals surface area contributed by atoms with Gasteiger partial charge in [0.1, 0.15) is 5.82 Å². The number of benzene rings is 1.